The Hall–Kier alpha value is -1.65. The van der Waals surface area contributed by atoms with Crippen LogP contribution in [-0.2, 0) is 16.1 Å². The standard InChI is InChI=1S/C14H16F2O3/c1-13(15,16)9-3-4-11(19-2)10(7-9)14(5-6-14)8-12(17)18/h3-4,7H,5-6,8H2,1-2H3,(H,17,18). The molecule has 104 valence electrons. The molecule has 1 aliphatic rings. The zero-order valence-corrected chi connectivity index (χ0v) is 10.9. The van der Waals surface area contributed by atoms with Crippen LogP contribution in [0, 0.1) is 0 Å². The van der Waals surface area contributed by atoms with Crippen LogP contribution in [0.2, 0.25) is 0 Å². The number of carboxylic acids is 1. The van der Waals surface area contributed by atoms with Gasteiger partial charge in [-0.3, -0.25) is 4.79 Å². The second-order valence-corrected chi connectivity index (χ2v) is 5.15. The lowest BCUT2D eigenvalue weighted by Gasteiger charge is -2.20. The van der Waals surface area contributed by atoms with E-state index in [1.165, 1.54) is 25.3 Å². The molecule has 2 rings (SSSR count). The zero-order valence-electron chi connectivity index (χ0n) is 10.9. The highest BCUT2D eigenvalue weighted by Crippen LogP contribution is 2.54. The van der Waals surface area contributed by atoms with E-state index in [2.05, 4.69) is 0 Å². The lowest BCUT2D eigenvalue weighted by Crippen LogP contribution is -2.16. The highest BCUT2D eigenvalue weighted by Gasteiger charge is 2.48. The van der Waals surface area contributed by atoms with Gasteiger partial charge in [0.2, 0.25) is 0 Å². The number of carbonyl (C=O) groups is 1. The van der Waals surface area contributed by atoms with E-state index in [4.69, 9.17) is 9.84 Å². The quantitative estimate of drug-likeness (QED) is 0.892. The molecule has 5 heteroatoms. The molecule has 3 nitrogen and oxygen atoms in total. The predicted octanol–water partition coefficient (Wildman–Crippen LogP) is 3.31. The monoisotopic (exact) mass is 270 g/mol. The van der Waals surface area contributed by atoms with Crippen molar-refractivity contribution in [3.05, 3.63) is 29.3 Å². The van der Waals surface area contributed by atoms with Crippen LogP contribution in [0.3, 0.4) is 0 Å². The zero-order chi connectivity index (χ0) is 14.3. The Labute approximate surface area is 110 Å². The number of hydrogen-bond acceptors (Lipinski definition) is 2. The van der Waals surface area contributed by atoms with Crippen molar-refractivity contribution >= 4 is 5.97 Å². The molecule has 0 bridgehead atoms. The predicted molar refractivity (Wildman–Crippen MR) is 65.7 cm³/mol. The number of rotatable bonds is 5. The van der Waals surface area contributed by atoms with Crippen LogP contribution in [0.15, 0.2) is 18.2 Å². The van der Waals surface area contributed by atoms with E-state index in [9.17, 15) is 13.6 Å². The van der Waals surface area contributed by atoms with Crippen molar-refractivity contribution in [3.63, 3.8) is 0 Å². The molecule has 0 heterocycles. The van der Waals surface area contributed by atoms with Crippen LogP contribution in [0.5, 0.6) is 5.75 Å². The molecule has 19 heavy (non-hydrogen) atoms. The summed E-state index contributed by atoms with van der Waals surface area (Å²) in [6, 6.07) is 4.19. The van der Waals surface area contributed by atoms with Crippen molar-refractivity contribution in [1.82, 2.24) is 0 Å². The van der Waals surface area contributed by atoms with Gasteiger partial charge in [-0.15, -0.1) is 0 Å². The largest absolute Gasteiger partial charge is 0.496 e. The molecule has 1 N–H and O–H groups in total. The first-order chi connectivity index (χ1) is 8.78. The summed E-state index contributed by atoms with van der Waals surface area (Å²) in [5, 5.41) is 8.95. The number of ether oxygens (including phenoxy) is 1. The van der Waals surface area contributed by atoms with Crippen LogP contribution < -0.4 is 4.74 Å². The highest BCUT2D eigenvalue weighted by molar-refractivity contribution is 5.70. The lowest BCUT2D eigenvalue weighted by molar-refractivity contribution is -0.137. The first-order valence-electron chi connectivity index (χ1n) is 6.07. The second-order valence-electron chi connectivity index (χ2n) is 5.15. The number of methoxy groups -OCH3 is 1. The summed E-state index contributed by atoms with van der Waals surface area (Å²) in [4.78, 5) is 10.9. The maximum Gasteiger partial charge on any atom is 0.304 e. The summed E-state index contributed by atoms with van der Waals surface area (Å²) in [5.74, 6) is -3.39. The van der Waals surface area contributed by atoms with Crippen molar-refractivity contribution in [2.75, 3.05) is 7.11 Å². The molecule has 1 aliphatic carbocycles. The Kier molecular flexibility index (Phi) is 3.24. The van der Waals surface area contributed by atoms with E-state index in [-0.39, 0.29) is 12.0 Å². The third-order valence-electron chi connectivity index (χ3n) is 3.62. The molecule has 0 unspecified atom stereocenters. The van der Waals surface area contributed by atoms with Gasteiger partial charge in [0, 0.05) is 23.5 Å². The molecule has 0 saturated heterocycles. The Morgan fingerprint density at radius 2 is 2.11 bits per heavy atom. The van der Waals surface area contributed by atoms with Crippen molar-refractivity contribution in [2.45, 2.75) is 37.5 Å². The van der Waals surface area contributed by atoms with Gasteiger partial charge < -0.3 is 9.84 Å². The maximum absolute atomic E-state index is 13.4. The highest BCUT2D eigenvalue weighted by atomic mass is 19.3. The molecular weight excluding hydrogens is 254 g/mol. The van der Waals surface area contributed by atoms with E-state index in [0.29, 0.717) is 24.2 Å². The average Bonchev–Trinajstić information content (AvgIpc) is 3.07. The summed E-state index contributed by atoms with van der Waals surface area (Å²) >= 11 is 0. The van der Waals surface area contributed by atoms with Gasteiger partial charge in [0.15, 0.2) is 0 Å². The SMILES string of the molecule is COc1ccc(C(C)(F)F)cc1C1(CC(=O)O)CC1. The van der Waals surface area contributed by atoms with Crippen LogP contribution in [0.4, 0.5) is 8.78 Å². The van der Waals surface area contributed by atoms with Gasteiger partial charge in [-0.1, -0.05) is 0 Å². The number of benzene rings is 1. The van der Waals surface area contributed by atoms with Gasteiger partial charge >= 0.3 is 5.97 Å². The Balaban J connectivity index is 2.46. The van der Waals surface area contributed by atoms with Crippen LogP contribution in [-0.4, -0.2) is 18.2 Å². The average molecular weight is 270 g/mol. The summed E-state index contributed by atoms with van der Waals surface area (Å²) in [6.45, 7) is 0.829. The van der Waals surface area contributed by atoms with E-state index >= 15 is 0 Å². The molecule has 0 aromatic heterocycles. The van der Waals surface area contributed by atoms with Crippen molar-refractivity contribution in [2.24, 2.45) is 0 Å². The maximum atomic E-state index is 13.4. The van der Waals surface area contributed by atoms with Gasteiger partial charge in [-0.25, -0.2) is 8.78 Å². The topological polar surface area (TPSA) is 46.5 Å². The molecule has 0 amide bonds. The minimum Gasteiger partial charge on any atom is -0.496 e. The molecule has 0 spiro atoms. The van der Waals surface area contributed by atoms with Gasteiger partial charge in [0.25, 0.3) is 5.92 Å². The summed E-state index contributed by atoms with van der Waals surface area (Å²) in [7, 11) is 1.46. The third-order valence-corrected chi connectivity index (χ3v) is 3.62. The van der Waals surface area contributed by atoms with Crippen LogP contribution in [0.25, 0.3) is 0 Å². The fourth-order valence-electron chi connectivity index (χ4n) is 2.38. The molecule has 1 aromatic carbocycles. The summed E-state index contributed by atoms with van der Waals surface area (Å²) in [5.41, 5.74) is -0.0743. The molecular formula is C14H16F2O3. The molecule has 0 aliphatic heterocycles. The van der Waals surface area contributed by atoms with Crippen molar-refractivity contribution in [1.29, 1.82) is 0 Å². The Bertz CT molecular complexity index is 502. The lowest BCUT2D eigenvalue weighted by atomic mass is 9.89. The molecule has 1 aromatic rings. The minimum atomic E-state index is -2.94. The van der Waals surface area contributed by atoms with Gasteiger partial charge in [0.1, 0.15) is 5.75 Å². The normalized spacial score (nSPS) is 17.1. The first-order valence-corrected chi connectivity index (χ1v) is 6.07. The Morgan fingerprint density at radius 1 is 1.47 bits per heavy atom. The van der Waals surface area contributed by atoms with Gasteiger partial charge in [0.05, 0.1) is 13.5 Å². The van der Waals surface area contributed by atoms with Gasteiger partial charge in [-0.2, -0.15) is 0 Å². The van der Waals surface area contributed by atoms with E-state index < -0.39 is 17.3 Å². The van der Waals surface area contributed by atoms with E-state index in [0.717, 1.165) is 6.92 Å². The van der Waals surface area contributed by atoms with E-state index in [1.807, 2.05) is 0 Å². The van der Waals surface area contributed by atoms with Gasteiger partial charge in [-0.05, 0) is 31.0 Å². The summed E-state index contributed by atoms with van der Waals surface area (Å²) < 4.78 is 32.0. The smallest absolute Gasteiger partial charge is 0.304 e. The summed E-state index contributed by atoms with van der Waals surface area (Å²) in [6.07, 6.45) is 1.32. The molecule has 1 saturated carbocycles. The molecule has 0 atom stereocenters. The minimum absolute atomic E-state index is 0.0535. The van der Waals surface area contributed by atoms with Crippen LogP contribution >= 0.6 is 0 Å². The molecule has 0 radical (unpaired) electrons. The fourth-order valence-corrected chi connectivity index (χ4v) is 2.38. The molecule has 1 fully saturated rings. The Morgan fingerprint density at radius 3 is 2.53 bits per heavy atom. The number of carboxylic acid groups (broad SMARTS) is 1. The number of alkyl halides is 2. The number of hydrogen-bond donors (Lipinski definition) is 1. The third kappa shape index (κ3) is 2.69. The second kappa shape index (κ2) is 4.47. The van der Waals surface area contributed by atoms with E-state index in [1.54, 1.807) is 0 Å². The van der Waals surface area contributed by atoms with Crippen molar-refractivity contribution in [3.8, 4) is 5.75 Å². The fraction of sp³-hybridized carbons (Fsp3) is 0.500. The number of aliphatic carboxylic acids is 1. The first kappa shape index (κ1) is 13.8. The van der Waals surface area contributed by atoms with Crippen LogP contribution in [0.1, 0.15) is 37.3 Å². The van der Waals surface area contributed by atoms with Crippen molar-refractivity contribution < 1.29 is 23.4 Å². The number of halogens is 2.